The standard InChI is InChI=1S/C20H27N3O2/c1-16-10-12-21-23(16)14-11-20(24)22-13-6-9-19(25-2)18(22)15-17-7-4-3-5-8-17/h3-5,7-8,10,12,18-19H,6,9,11,13-15H2,1-2H3/t18-,19-/m0/s1. The molecule has 5 heteroatoms. The van der Waals surface area contributed by atoms with E-state index in [2.05, 4.69) is 17.2 Å². The van der Waals surface area contributed by atoms with Crippen molar-refractivity contribution in [2.75, 3.05) is 13.7 Å². The summed E-state index contributed by atoms with van der Waals surface area (Å²) in [6.07, 6.45) is 5.20. The third kappa shape index (κ3) is 4.28. The zero-order valence-electron chi connectivity index (χ0n) is 15.1. The van der Waals surface area contributed by atoms with Gasteiger partial charge in [0, 0.05) is 38.5 Å². The number of nitrogens with zero attached hydrogens (tertiary/aromatic N) is 3. The number of piperidine rings is 1. The first-order valence-electron chi connectivity index (χ1n) is 9.03. The van der Waals surface area contributed by atoms with Crippen LogP contribution >= 0.6 is 0 Å². The van der Waals surface area contributed by atoms with Gasteiger partial charge in [0.1, 0.15) is 0 Å². The molecule has 134 valence electrons. The van der Waals surface area contributed by atoms with Gasteiger partial charge in [0.2, 0.25) is 5.91 Å². The van der Waals surface area contributed by atoms with Crippen LogP contribution in [0.15, 0.2) is 42.6 Å². The molecule has 1 aromatic heterocycles. The smallest absolute Gasteiger partial charge is 0.224 e. The Hall–Kier alpha value is -2.14. The molecule has 2 heterocycles. The van der Waals surface area contributed by atoms with E-state index in [1.54, 1.807) is 13.3 Å². The molecular weight excluding hydrogens is 314 g/mol. The minimum atomic E-state index is 0.101. The average Bonchev–Trinajstić information content (AvgIpc) is 3.05. The highest BCUT2D eigenvalue weighted by atomic mass is 16.5. The average molecular weight is 341 g/mol. The molecule has 0 unspecified atom stereocenters. The molecule has 0 spiro atoms. The second-order valence-electron chi connectivity index (χ2n) is 6.71. The maximum atomic E-state index is 12.9. The van der Waals surface area contributed by atoms with Crippen molar-refractivity contribution in [3.05, 3.63) is 53.9 Å². The highest BCUT2D eigenvalue weighted by Gasteiger charge is 2.34. The first kappa shape index (κ1) is 17.7. The van der Waals surface area contributed by atoms with Crippen molar-refractivity contribution in [2.45, 2.75) is 51.3 Å². The lowest BCUT2D eigenvalue weighted by Crippen LogP contribution is -2.52. The van der Waals surface area contributed by atoms with Crippen LogP contribution in [0.4, 0.5) is 0 Å². The first-order chi connectivity index (χ1) is 12.2. The minimum absolute atomic E-state index is 0.101. The van der Waals surface area contributed by atoms with Crippen LogP contribution in [-0.2, 0) is 22.5 Å². The minimum Gasteiger partial charge on any atom is -0.379 e. The molecule has 0 saturated carbocycles. The highest BCUT2D eigenvalue weighted by Crippen LogP contribution is 2.24. The topological polar surface area (TPSA) is 47.4 Å². The SMILES string of the molecule is CO[C@H]1CCCN(C(=O)CCn2nccc2C)[C@H]1Cc1ccccc1. The predicted molar refractivity (Wildman–Crippen MR) is 97.3 cm³/mol. The largest absolute Gasteiger partial charge is 0.379 e. The van der Waals surface area contributed by atoms with Crippen LogP contribution in [0.3, 0.4) is 0 Å². The fourth-order valence-corrected chi connectivity index (χ4v) is 3.68. The summed E-state index contributed by atoms with van der Waals surface area (Å²) in [6.45, 7) is 3.45. The molecule has 0 radical (unpaired) electrons. The molecule has 0 aliphatic carbocycles. The number of aryl methyl sites for hydroxylation is 2. The summed E-state index contributed by atoms with van der Waals surface area (Å²) >= 11 is 0. The van der Waals surface area contributed by atoms with Gasteiger partial charge >= 0.3 is 0 Å². The lowest BCUT2D eigenvalue weighted by Gasteiger charge is -2.41. The number of rotatable bonds is 6. The number of hydrogen-bond acceptors (Lipinski definition) is 3. The fourth-order valence-electron chi connectivity index (χ4n) is 3.68. The summed E-state index contributed by atoms with van der Waals surface area (Å²) in [6, 6.07) is 12.4. The van der Waals surface area contributed by atoms with E-state index in [4.69, 9.17) is 4.74 Å². The fraction of sp³-hybridized carbons (Fsp3) is 0.500. The summed E-state index contributed by atoms with van der Waals surface area (Å²) in [7, 11) is 1.75. The number of benzene rings is 1. The molecule has 1 aliphatic heterocycles. The van der Waals surface area contributed by atoms with Crippen LogP contribution in [0.2, 0.25) is 0 Å². The Morgan fingerprint density at radius 1 is 1.28 bits per heavy atom. The number of carbonyl (C=O) groups excluding carboxylic acids is 1. The molecule has 3 rings (SSSR count). The van der Waals surface area contributed by atoms with Gasteiger partial charge in [0.25, 0.3) is 0 Å². The summed E-state index contributed by atoms with van der Waals surface area (Å²) in [5.41, 5.74) is 2.33. The van der Waals surface area contributed by atoms with Crippen molar-refractivity contribution in [3.8, 4) is 0 Å². The van der Waals surface area contributed by atoms with E-state index in [9.17, 15) is 4.79 Å². The first-order valence-corrected chi connectivity index (χ1v) is 9.03. The summed E-state index contributed by atoms with van der Waals surface area (Å²) in [4.78, 5) is 14.9. The van der Waals surface area contributed by atoms with Crippen LogP contribution in [0.25, 0.3) is 0 Å². The van der Waals surface area contributed by atoms with Crippen LogP contribution in [0, 0.1) is 6.92 Å². The Bertz CT molecular complexity index is 683. The Morgan fingerprint density at radius 2 is 2.08 bits per heavy atom. The van der Waals surface area contributed by atoms with Crippen molar-refractivity contribution < 1.29 is 9.53 Å². The molecule has 1 aliphatic rings. The van der Waals surface area contributed by atoms with Crippen LogP contribution < -0.4 is 0 Å². The summed E-state index contributed by atoms with van der Waals surface area (Å²) in [5, 5.41) is 4.27. The van der Waals surface area contributed by atoms with Crippen molar-refractivity contribution in [2.24, 2.45) is 0 Å². The molecule has 5 nitrogen and oxygen atoms in total. The lowest BCUT2D eigenvalue weighted by molar-refractivity contribution is -0.140. The van der Waals surface area contributed by atoms with E-state index in [-0.39, 0.29) is 18.1 Å². The van der Waals surface area contributed by atoms with E-state index in [0.717, 1.165) is 31.5 Å². The maximum Gasteiger partial charge on any atom is 0.224 e. The Morgan fingerprint density at radius 3 is 2.76 bits per heavy atom. The van der Waals surface area contributed by atoms with Gasteiger partial charge in [-0.3, -0.25) is 9.48 Å². The Kier molecular flexibility index (Phi) is 5.87. The molecular formula is C20H27N3O2. The van der Waals surface area contributed by atoms with E-state index < -0.39 is 0 Å². The Labute approximate surface area is 149 Å². The van der Waals surface area contributed by atoms with Crippen molar-refractivity contribution in [1.29, 1.82) is 0 Å². The normalized spacial score (nSPS) is 20.6. The van der Waals surface area contributed by atoms with Gasteiger partial charge in [-0.15, -0.1) is 0 Å². The zero-order chi connectivity index (χ0) is 17.6. The molecule has 1 fully saturated rings. The second kappa shape index (κ2) is 8.30. The molecule has 2 atom stereocenters. The van der Waals surface area contributed by atoms with Crippen LogP contribution in [0.1, 0.15) is 30.5 Å². The Balaban J connectivity index is 1.69. The van der Waals surface area contributed by atoms with Gasteiger partial charge in [-0.05, 0) is 37.8 Å². The molecule has 25 heavy (non-hydrogen) atoms. The van der Waals surface area contributed by atoms with Crippen LogP contribution in [-0.4, -0.2) is 46.4 Å². The molecule has 0 N–H and O–H groups in total. The van der Waals surface area contributed by atoms with Gasteiger partial charge in [0.15, 0.2) is 0 Å². The lowest BCUT2D eigenvalue weighted by atomic mass is 9.92. The zero-order valence-corrected chi connectivity index (χ0v) is 15.1. The van der Waals surface area contributed by atoms with Crippen molar-refractivity contribution in [3.63, 3.8) is 0 Å². The second-order valence-corrected chi connectivity index (χ2v) is 6.71. The van der Waals surface area contributed by atoms with Gasteiger partial charge in [-0.1, -0.05) is 30.3 Å². The van der Waals surface area contributed by atoms with E-state index in [0.29, 0.717) is 13.0 Å². The third-order valence-electron chi connectivity index (χ3n) is 5.09. The number of aromatic nitrogens is 2. The quantitative estimate of drug-likeness (QED) is 0.812. The number of hydrogen-bond donors (Lipinski definition) is 0. The van der Waals surface area contributed by atoms with E-state index in [1.807, 2.05) is 40.8 Å². The van der Waals surface area contributed by atoms with Gasteiger partial charge < -0.3 is 9.64 Å². The van der Waals surface area contributed by atoms with Gasteiger partial charge in [0.05, 0.1) is 12.1 Å². The number of amides is 1. The van der Waals surface area contributed by atoms with Gasteiger partial charge in [-0.2, -0.15) is 5.10 Å². The molecule has 0 bridgehead atoms. The van der Waals surface area contributed by atoms with E-state index in [1.165, 1.54) is 5.56 Å². The molecule has 1 saturated heterocycles. The number of ether oxygens (including phenoxy) is 1. The summed E-state index contributed by atoms with van der Waals surface area (Å²) < 4.78 is 7.61. The molecule has 1 aromatic carbocycles. The van der Waals surface area contributed by atoms with E-state index >= 15 is 0 Å². The number of methoxy groups -OCH3 is 1. The number of carbonyl (C=O) groups is 1. The summed E-state index contributed by atoms with van der Waals surface area (Å²) in [5.74, 6) is 0.192. The molecule has 2 aromatic rings. The van der Waals surface area contributed by atoms with Gasteiger partial charge in [-0.25, -0.2) is 0 Å². The highest BCUT2D eigenvalue weighted by molar-refractivity contribution is 5.76. The maximum absolute atomic E-state index is 12.9. The third-order valence-corrected chi connectivity index (χ3v) is 5.09. The van der Waals surface area contributed by atoms with Crippen LogP contribution in [0.5, 0.6) is 0 Å². The van der Waals surface area contributed by atoms with Crippen molar-refractivity contribution >= 4 is 5.91 Å². The predicted octanol–water partition coefficient (Wildman–Crippen LogP) is 2.83. The number of likely N-dealkylation sites (tertiary alicyclic amines) is 1. The molecule has 1 amide bonds. The monoisotopic (exact) mass is 341 g/mol. The van der Waals surface area contributed by atoms with Crippen molar-refractivity contribution in [1.82, 2.24) is 14.7 Å².